The monoisotopic (exact) mass is 317 g/mol. The number of nitrogens with zero attached hydrogens (tertiary/aromatic N) is 1. The van der Waals surface area contributed by atoms with Crippen LogP contribution in [0.2, 0.25) is 0 Å². The van der Waals surface area contributed by atoms with Crippen molar-refractivity contribution < 1.29 is 9.30 Å². The fraction of sp³-hybridized carbons (Fsp3) is 0.0952. The van der Waals surface area contributed by atoms with E-state index in [0.29, 0.717) is 6.54 Å². The van der Waals surface area contributed by atoms with Gasteiger partial charge in [0.1, 0.15) is 11.5 Å². The first-order valence-corrected chi connectivity index (χ1v) is 8.05. The largest absolute Gasteiger partial charge is 0.457 e. The molecule has 0 saturated carbocycles. The van der Waals surface area contributed by atoms with E-state index in [1.165, 1.54) is 0 Å². The van der Waals surface area contributed by atoms with Crippen LogP contribution in [0.1, 0.15) is 11.3 Å². The van der Waals surface area contributed by atoms with Gasteiger partial charge in [0.05, 0.1) is 6.54 Å². The number of hydrogen-bond donors (Lipinski definition) is 1. The predicted molar refractivity (Wildman–Crippen MR) is 97.6 cm³/mol. The van der Waals surface area contributed by atoms with E-state index in [0.717, 1.165) is 29.3 Å². The van der Waals surface area contributed by atoms with Gasteiger partial charge in [-0.05, 0) is 42.0 Å². The lowest BCUT2D eigenvalue weighted by atomic mass is 10.2. The smallest absolute Gasteiger partial charge is 0.205 e. The third-order valence-corrected chi connectivity index (χ3v) is 3.63. The van der Waals surface area contributed by atoms with Crippen LogP contribution in [0.25, 0.3) is 12.2 Å². The molecule has 0 amide bonds. The van der Waals surface area contributed by atoms with E-state index in [9.17, 15) is 0 Å². The highest BCUT2D eigenvalue weighted by Crippen LogP contribution is 2.22. The van der Waals surface area contributed by atoms with Crippen molar-refractivity contribution in [2.45, 2.75) is 6.54 Å². The fourth-order valence-electron chi connectivity index (χ4n) is 2.47. The highest BCUT2D eigenvalue weighted by atomic mass is 16.5. The maximum Gasteiger partial charge on any atom is 0.205 e. The van der Waals surface area contributed by atoms with Gasteiger partial charge in [0.2, 0.25) is 5.69 Å². The van der Waals surface area contributed by atoms with Crippen molar-refractivity contribution in [1.29, 1.82) is 0 Å². The molecule has 0 saturated heterocycles. The number of rotatable bonds is 6. The van der Waals surface area contributed by atoms with Crippen LogP contribution >= 0.6 is 0 Å². The summed E-state index contributed by atoms with van der Waals surface area (Å²) in [7, 11) is 0. The summed E-state index contributed by atoms with van der Waals surface area (Å²) in [5, 5.41) is 0. The summed E-state index contributed by atoms with van der Waals surface area (Å²) in [4.78, 5) is 0. The minimum absolute atomic E-state index is 0.621. The van der Waals surface area contributed by atoms with Crippen LogP contribution in [0.3, 0.4) is 0 Å². The van der Waals surface area contributed by atoms with Gasteiger partial charge in [0.25, 0.3) is 0 Å². The minimum atomic E-state index is 0.621. The zero-order chi connectivity index (χ0) is 16.6. The molecule has 3 heteroatoms. The Balaban J connectivity index is 1.77. The molecule has 1 aromatic heterocycles. The van der Waals surface area contributed by atoms with Crippen LogP contribution in [0, 0.1) is 0 Å². The first kappa shape index (κ1) is 16.0. The number of para-hydroxylation sites is 1. The van der Waals surface area contributed by atoms with E-state index in [-0.39, 0.29) is 0 Å². The average Bonchev–Trinajstić information content (AvgIpc) is 2.62. The molecule has 1 heterocycles. The van der Waals surface area contributed by atoms with Crippen molar-refractivity contribution in [2.24, 2.45) is 5.73 Å². The molecule has 0 radical (unpaired) electrons. The van der Waals surface area contributed by atoms with Crippen molar-refractivity contribution in [3.05, 3.63) is 90.3 Å². The van der Waals surface area contributed by atoms with Gasteiger partial charge >= 0.3 is 0 Å². The Labute approximate surface area is 142 Å². The van der Waals surface area contributed by atoms with E-state index in [2.05, 4.69) is 28.9 Å². The van der Waals surface area contributed by atoms with E-state index in [4.69, 9.17) is 10.5 Å². The third-order valence-electron chi connectivity index (χ3n) is 3.63. The molecule has 3 aromatic rings. The van der Waals surface area contributed by atoms with Crippen molar-refractivity contribution in [2.75, 3.05) is 6.54 Å². The number of ether oxygens (including phenoxy) is 1. The number of pyridine rings is 1. The van der Waals surface area contributed by atoms with Gasteiger partial charge in [-0.1, -0.05) is 30.3 Å². The van der Waals surface area contributed by atoms with E-state index >= 15 is 0 Å². The lowest BCUT2D eigenvalue weighted by Gasteiger charge is -2.05. The Morgan fingerprint density at radius 3 is 2.46 bits per heavy atom. The van der Waals surface area contributed by atoms with Gasteiger partial charge in [0.15, 0.2) is 12.7 Å². The molecule has 2 aromatic carbocycles. The Morgan fingerprint density at radius 2 is 1.62 bits per heavy atom. The van der Waals surface area contributed by atoms with E-state index < -0.39 is 0 Å². The van der Waals surface area contributed by atoms with Crippen molar-refractivity contribution >= 4 is 12.2 Å². The van der Waals surface area contributed by atoms with Crippen LogP contribution in [0.15, 0.2) is 79.0 Å². The zero-order valence-corrected chi connectivity index (χ0v) is 13.5. The highest BCUT2D eigenvalue weighted by molar-refractivity contribution is 5.67. The molecule has 0 aliphatic heterocycles. The average molecular weight is 317 g/mol. The molecule has 24 heavy (non-hydrogen) atoms. The Morgan fingerprint density at radius 1 is 0.833 bits per heavy atom. The Hall–Kier alpha value is -2.91. The number of nitrogens with two attached hydrogens (primary N) is 1. The van der Waals surface area contributed by atoms with Crippen LogP contribution < -0.4 is 15.0 Å². The van der Waals surface area contributed by atoms with Gasteiger partial charge < -0.3 is 10.5 Å². The third kappa shape index (κ3) is 4.31. The second kappa shape index (κ2) is 8.09. The topological polar surface area (TPSA) is 39.1 Å². The summed E-state index contributed by atoms with van der Waals surface area (Å²) in [5.41, 5.74) is 7.88. The molecule has 3 rings (SSSR count). The minimum Gasteiger partial charge on any atom is -0.457 e. The van der Waals surface area contributed by atoms with Gasteiger partial charge in [-0.15, -0.1) is 0 Å². The predicted octanol–water partition coefficient (Wildman–Crippen LogP) is 3.90. The van der Waals surface area contributed by atoms with Gasteiger partial charge in [-0.2, -0.15) is 4.57 Å². The lowest BCUT2D eigenvalue weighted by Crippen LogP contribution is -2.39. The van der Waals surface area contributed by atoms with Gasteiger partial charge in [0, 0.05) is 18.2 Å². The number of hydrogen-bond acceptors (Lipinski definition) is 2. The fourth-order valence-corrected chi connectivity index (χ4v) is 2.47. The van der Waals surface area contributed by atoms with Crippen molar-refractivity contribution in [3.8, 4) is 11.5 Å². The summed E-state index contributed by atoms with van der Waals surface area (Å²) >= 11 is 0. The Bertz CT molecular complexity index is 813. The molecule has 3 nitrogen and oxygen atoms in total. The lowest BCUT2D eigenvalue weighted by molar-refractivity contribution is -0.696. The maximum atomic E-state index is 5.88. The molecule has 0 aliphatic carbocycles. The number of benzene rings is 2. The van der Waals surface area contributed by atoms with Gasteiger partial charge in [-0.3, -0.25) is 0 Å². The van der Waals surface area contributed by atoms with Crippen molar-refractivity contribution in [1.82, 2.24) is 0 Å². The molecule has 0 aliphatic rings. The standard InChI is InChI=1S/C21H21N2O/c22-14-16-23-15-5-4-8-19(23)13-12-18-7-6-11-21(17-18)24-20-9-2-1-3-10-20/h1-13,15,17H,14,16,22H2/q+1/b13-12+. The molecule has 120 valence electrons. The molecule has 0 atom stereocenters. The van der Waals surface area contributed by atoms with Crippen LogP contribution in [0.5, 0.6) is 11.5 Å². The summed E-state index contributed by atoms with van der Waals surface area (Å²) in [6, 6.07) is 24.0. The second-order valence-electron chi connectivity index (χ2n) is 5.43. The van der Waals surface area contributed by atoms with Gasteiger partial charge in [-0.25, -0.2) is 0 Å². The zero-order valence-electron chi connectivity index (χ0n) is 13.5. The molecule has 0 spiro atoms. The summed E-state index contributed by atoms with van der Waals surface area (Å²) < 4.78 is 8.02. The molecule has 0 fully saturated rings. The number of aromatic nitrogens is 1. The maximum absolute atomic E-state index is 5.88. The summed E-state index contributed by atoms with van der Waals surface area (Å²) in [6.07, 6.45) is 6.22. The SMILES string of the molecule is NCC[n+]1ccccc1/C=C/c1cccc(Oc2ccccc2)c1. The summed E-state index contributed by atoms with van der Waals surface area (Å²) in [6.45, 7) is 1.42. The van der Waals surface area contributed by atoms with E-state index in [1.54, 1.807) is 0 Å². The summed E-state index contributed by atoms with van der Waals surface area (Å²) in [5.74, 6) is 1.66. The molecule has 0 bridgehead atoms. The second-order valence-corrected chi connectivity index (χ2v) is 5.43. The first-order valence-electron chi connectivity index (χ1n) is 8.05. The molecule has 2 N–H and O–H groups in total. The van der Waals surface area contributed by atoms with Crippen LogP contribution in [-0.2, 0) is 6.54 Å². The Kier molecular flexibility index (Phi) is 5.38. The highest BCUT2D eigenvalue weighted by Gasteiger charge is 2.04. The molecule has 0 unspecified atom stereocenters. The van der Waals surface area contributed by atoms with Crippen LogP contribution in [-0.4, -0.2) is 6.54 Å². The molecular formula is C21H21N2O+. The normalized spacial score (nSPS) is 10.9. The first-order chi connectivity index (χ1) is 11.8. The van der Waals surface area contributed by atoms with Crippen molar-refractivity contribution in [3.63, 3.8) is 0 Å². The van der Waals surface area contributed by atoms with E-state index in [1.807, 2.05) is 66.9 Å². The molecular weight excluding hydrogens is 296 g/mol. The quantitative estimate of drug-likeness (QED) is 0.700. The van der Waals surface area contributed by atoms with Crippen LogP contribution in [0.4, 0.5) is 0 Å².